The van der Waals surface area contributed by atoms with E-state index in [-0.39, 0.29) is 11.1 Å². The second-order valence-electron chi connectivity index (χ2n) is 6.12. The maximum absolute atomic E-state index is 11.4. The lowest BCUT2D eigenvalue weighted by Gasteiger charge is -2.41. The molecule has 1 fully saturated rings. The lowest BCUT2D eigenvalue weighted by atomic mass is 9.86. The monoisotopic (exact) mass is 390 g/mol. The maximum atomic E-state index is 11.4. The molecule has 0 saturated carbocycles. The highest BCUT2D eigenvalue weighted by molar-refractivity contribution is 5.89. The van der Waals surface area contributed by atoms with Crippen LogP contribution in [0.4, 0.5) is 0 Å². The van der Waals surface area contributed by atoms with Gasteiger partial charge in [-0.25, -0.2) is 4.79 Å². The largest absolute Gasteiger partial charge is 0.481 e. The van der Waals surface area contributed by atoms with Crippen LogP contribution in [0.15, 0.2) is 23.5 Å². The van der Waals surface area contributed by atoms with Gasteiger partial charge in [-0.05, 0) is 6.92 Å². The molecule has 152 valence electrons. The number of ether oxygens (including phenoxy) is 3. The molecule has 2 heterocycles. The first-order valence-electron chi connectivity index (χ1n) is 8.13. The van der Waals surface area contributed by atoms with Crippen molar-refractivity contribution in [2.45, 2.75) is 50.3 Å². The molecule has 0 amide bonds. The molecular weight excluding hydrogens is 368 g/mol. The minimum absolute atomic E-state index is 0.175. The van der Waals surface area contributed by atoms with Crippen LogP contribution < -0.4 is 0 Å². The first-order chi connectivity index (χ1) is 12.7. The Labute approximate surface area is 153 Å². The van der Waals surface area contributed by atoms with E-state index in [1.54, 1.807) is 0 Å². The van der Waals surface area contributed by atoms with Gasteiger partial charge >= 0.3 is 11.9 Å². The van der Waals surface area contributed by atoms with Gasteiger partial charge < -0.3 is 44.8 Å². The molecule has 7 atom stereocenters. The fraction of sp³-hybridized carbons (Fsp3) is 0.625. The van der Waals surface area contributed by atoms with Gasteiger partial charge in [0.05, 0.1) is 24.9 Å². The van der Waals surface area contributed by atoms with Crippen molar-refractivity contribution in [3.05, 3.63) is 23.5 Å². The van der Waals surface area contributed by atoms with E-state index in [1.165, 1.54) is 13.0 Å². The van der Waals surface area contributed by atoms with Crippen LogP contribution in [0.2, 0.25) is 0 Å². The topological polar surface area (TPSA) is 183 Å². The van der Waals surface area contributed by atoms with Crippen molar-refractivity contribution in [1.29, 1.82) is 0 Å². The van der Waals surface area contributed by atoms with Gasteiger partial charge in [-0.3, -0.25) is 4.79 Å². The van der Waals surface area contributed by atoms with Crippen molar-refractivity contribution in [3.8, 4) is 0 Å². The standard InChI is InChI=1S/C16H22O11/c1-2-6-7(3-10(18)19)8(14(23)24)5-25-15(6)27-16-13(22)12(21)11(20)9(4-17)26-16/h2,5,7,9,11-13,15-17,20-22H,3-4H2,1H3,(H,18,19)(H,23,24)/b6-2+/t7-,9-,11+,12+,13-,15-,16-/m0/s1. The predicted octanol–water partition coefficient (Wildman–Crippen LogP) is -1.84. The van der Waals surface area contributed by atoms with Gasteiger partial charge in [0.2, 0.25) is 6.29 Å². The van der Waals surface area contributed by atoms with Crippen molar-refractivity contribution >= 4 is 11.9 Å². The normalized spacial score (nSPS) is 38.2. The molecule has 0 unspecified atom stereocenters. The third-order valence-electron chi connectivity index (χ3n) is 4.43. The Morgan fingerprint density at radius 2 is 1.85 bits per heavy atom. The van der Waals surface area contributed by atoms with E-state index >= 15 is 0 Å². The van der Waals surface area contributed by atoms with Crippen molar-refractivity contribution in [1.82, 2.24) is 0 Å². The average Bonchev–Trinajstić information content (AvgIpc) is 2.61. The molecule has 2 aliphatic heterocycles. The van der Waals surface area contributed by atoms with E-state index in [9.17, 15) is 35.1 Å². The first-order valence-corrected chi connectivity index (χ1v) is 8.13. The Morgan fingerprint density at radius 1 is 1.19 bits per heavy atom. The zero-order chi connectivity index (χ0) is 20.3. The summed E-state index contributed by atoms with van der Waals surface area (Å²) in [6, 6.07) is 0. The lowest BCUT2D eigenvalue weighted by molar-refractivity contribution is -0.327. The maximum Gasteiger partial charge on any atom is 0.335 e. The number of aliphatic hydroxyl groups excluding tert-OH is 4. The lowest BCUT2D eigenvalue weighted by Crippen LogP contribution is -2.60. The molecule has 0 spiro atoms. The van der Waals surface area contributed by atoms with E-state index in [4.69, 9.17) is 19.3 Å². The van der Waals surface area contributed by atoms with E-state index < -0.39 is 67.9 Å². The molecule has 0 aromatic rings. The molecule has 2 rings (SSSR count). The van der Waals surface area contributed by atoms with E-state index in [0.717, 1.165) is 6.26 Å². The number of carboxylic acids is 2. The Morgan fingerprint density at radius 3 is 2.37 bits per heavy atom. The number of aliphatic carboxylic acids is 2. The molecule has 0 aromatic heterocycles. The third kappa shape index (κ3) is 4.46. The average molecular weight is 390 g/mol. The van der Waals surface area contributed by atoms with Crippen LogP contribution in [0.5, 0.6) is 0 Å². The summed E-state index contributed by atoms with van der Waals surface area (Å²) >= 11 is 0. The Kier molecular flexibility index (Phi) is 6.92. The van der Waals surface area contributed by atoms with Crippen molar-refractivity contribution < 1.29 is 54.4 Å². The summed E-state index contributed by atoms with van der Waals surface area (Å²) in [5.74, 6) is -3.64. The third-order valence-corrected chi connectivity index (χ3v) is 4.43. The Hall–Kier alpha value is -2.02. The number of rotatable bonds is 6. The fourth-order valence-corrected chi connectivity index (χ4v) is 2.99. The number of carbonyl (C=O) groups is 2. The highest BCUT2D eigenvalue weighted by Gasteiger charge is 2.46. The predicted molar refractivity (Wildman–Crippen MR) is 84.9 cm³/mol. The second kappa shape index (κ2) is 8.78. The van der Waals surface area contributed by atoms with E-state index in [0.29, 0.717) is 0 Å². The van der Waals surface area contributed by atoms with E-state index in [1.807, 2.05) is 0 Å². The van der Waals surface area contributed by atoms with Crippen molar-refractivity contribution in [3.63, 3.8) is 0 Å². The van der Waals surface area contributed by atoms with Crippen molar-refractivity contribution in [2.24, 2.45) is 5.92 Å². The van der Waals surface area contributed by atoms with Gasteiger partial charge in [0.1, 0.15) is 24.4 Å². The summed E-state index contributed by atoms with van der Waals surface area (Å²) in [6.07, 6.45) is -7.20. The van der Waals surface area contributed by atoms with Gasteiger partial charge in [0.15, 0.2) is 6.29 Å². The summed E-state index contributed by atoms with van der Waals surface area (Å²) in [5.41, 5.74) is -0.103. The minimum atomic E-state index is -1.69. The quantitative estimate of drug-likeness (QED) is 0.280. The molecule has 0 aromatic carbocycles. The smallest absolute Gasteiger partial charge is 0.335 e. The molecule has 11 heteroatoms. The van der Waals surface area contributed by atoms with Crippen molar-refractivity contribution in [2.75, 3.05) is 6.61 Å². The summed E-state index contributed by atoms with van der Waals surface area (Å²) in [6.45, 7) is 0.874. The number of hydrogen-bond donors (Lipinski definition) is 6. The molecule has 11 nitrogen and oxygen atoms in total. The SMILES string of the molecule is C/C=C1/[C@H](O[C@@H]2O[C@@H](CO)[C@@H](O)[C@@H](O)[C@@H]2O)OC=C(C(=O)O)[C@H]1CC(=O)O. The molecule has 2 aliphatic rings. The minimum Gasteiger partial charge on any atom is -0.481 e. The summed E-state index contributed by atoms with van der Waals surface area (Å²) in [4.78, 5) is 22.5. The first kappa shape index (κ1) is 21.3. The van der Waals surface area contributed by atoms with Gasteiger partial charge in [-0.2, -0.15) is 0 Å². The Balaban J connectivity index is 2.25. The molecular formula is C16H22O11. The van der Waals surface area contributed by atoms with Gasteiger partial charge in [-0.1, -0.05) is 6.08 Å². The molecule has 6 N–H and O–H groups in total. The van der Waals surface area contributed by atoms with Crippen LogP contribution in [0, 0.1) is 5.92 Å². The second-order valence-corrected chi connectivity index (χ2v) is 6.12. The molecule has 0 aliphatic carbocycles. The van der Waals surface area contributed by atoms with Crippen LogP contribution in [-0.2, 0) is 23.8 Å². The highest BCUT2D eigenvalue weighted by atomic mass is 16.8. The zero-order valence-electron chi connectivity index (χ0n) is 14.3. The van der Waals surface area contributed by atoms with Crippen LogP contribution in [-0.4, -0.2) is 86.2 Å². The van der Waals surface area contributed by atoms with Crippen LogP contribution in [0.3, 0.4) is 0 Å². The number of aliphatic hydroxyl groups is 4. The van der Waals surface area contributed by atoms with Crippen LogP contribution in [0.25, 0.3) is 0 Å². The van der Waals surface area contributed by atoms with E-state index in [2.05, 4.69) is 0 Å². The van der Waals surface area contributed by atoms with Crippen LogP contribution >= 0.6 is 0 Å². The Bertz CT molecular complexity index is 626. The summed E-state index contributed by atoms with van der Waals surface area (Å²) < 4.78 is 15.9. The van der Waals surface area contributed by atoms with Crippen LogP contribution in [0.1, 0.15) is 13.3 Å². The van der Waals surface area contributed by atoms with Gasteiger partial charge in [-0.15, -0.1) is 0 Å². The molecule has 0 radical (unpaired) electrons. The summed E-state index contributed by atoms with van der Waals surface area (Å²) in [7, 11) is 0. The van der Waals surface area contributed by atoms with Gasteiger partial charge in [0, 0.05) is 11.5 Å². The molecule has 27 heavy (non-hydrogen) atoms. The highest BCUT2D eigenvalue weighted by Crippen LogP contribution is 2.35. The number of allylic oxidation sites excluding steroid dienone is 1. The number of carboxylic acid groups (broad SMARTS) is 2. The summed E-state index contributed by atoms with van der Waals surface area (Å²) in [5, 5.41) is 57.2. The molecule has 0 bridgehead atoms. The zero-order valence-corrected chi connectivity index (χ0v) is 14.3. The number of hydrogen-bond acceptors (Lipinski definition) is 9. The van der Waals surface area contributed by atoms with Gasteiger partial charge in [0.25, 0.3) is 0 Å². The fourth-order valence-electron chi connectivity index (χ4n) is 2.99. The molecule has 1 saturated heterocycles.